The van der Waals surface area contributed by atoms with Gasteiger partial charge in [0, 0.05) is 13.6 Å². The number of hydrogen-bond acceptors (Lipinski definition) is 4. The molecule has 1 amide bonds. The normalized spacial score (nSPS) is 10.6. The van der Waals surface area contributed by atoms with Crippen LogP contribution in [-0.2, 0) is 17.9 Å². The van der Waals surface area contributed by atoms with Crippen LogP contribution in [-0.4, -0.2) is 34.5 Å². The molecule has 0 aliphatic rings. The molecular formula is C19H19N3O3. The third kappa shape index (κ3) is 3.68. The van der Waals surface area contributed by atoms with Gasteiger partial charge in [-0.1, -0.05) is 24.3 Å². The fourth-order valence-corrected chi connectivity index (χ4v) is 2.62. The molecule has 6 heteroatoms. The van der Waals surface area contributed by atoms with Gasteiger partial charge in [-0.2, -0.15) is 0 Å². The fraction of sp³-hybridized carbons (Fsp3) is 0.211. The zero-order valence-corrected chi connectivity index (χ0v) is 14.2. The first-order valence-corrected chi connectivity index (χ1v) is 7.89. The van der Waals surface area contributed by atoms with E-state index in [9.17, 15) is 9.59 Å². The lowest BCUT2D eigenvalue weighted by Crippen LogP contribution is -2.33. The van der Waals surface area contributed by atoms with E-state index in [1.807, 2.05) is 30.3 Å². The maximum Gasteiger partial charge on any atom is 0.261 e. The van der Waals surface area contributed by atoms with E-state index in [0.717, 1.165) is 11.3 Å². The van der Waals surface area contributed by atoms with Crippen molar-refractivity contribution in [2.45, 2.75) is 13.1 Å². The number of carbonyl (C=O) groups is 1. The van der Waals surface area contributed by atoms with E-state index in [0.29, 0.717) is 17.4 Å². The molecule has 0 atom stereocenters. The van der Waals surface area contributed by atoms with Crippen LogP contribution in [0.25, 0.3) is 10.9 Å². The number of rotatable bonds is 5. The number of likely N-dealkylation sites (N-methyl/N-ethyl adjacent to an activating group) is 1. The monoisotopic (exact) mass is 337 g/mol. The maximum atomic E-state index is 12.5. The molecule has 0 saturated carbocycles. The van der Waals surface area contributed by atoms with E-state index in [4.69, 9.17) is 4.74 Å². The second-order valence-electron chi connectivity index (χ2n) is 5.80. The van der Waals surface area contributed by atoms with Crippen LogP contribution in [0.4, 0.5) is 0 Å². The molecular weight excluding hydrogens is 318 g/mol. The summed E-state index contributed by atoms with van der Waals surface area (Å²) in [6.07, 6.45) is 1.42. The van der Waals surface area contributed by atoms with Crippen LogP contribution in [0.1, 0.15) is 5.56 Å². The van der Waals surface area contributed by atoms with Crippen molar-refractivity contribution in [3.05, 3.63) is 70.8 Å². The van der Waals surface area contributed by atoms with Crippen LogP contribution >= 0.6 is 0 Å². The Hall–Kier alpha value is -3.15. The summed E-state index contributed by atoms with van der Waals surface area (Å²) in [5, 5.41) is 0.508. The molecule has 0 spiro atoms. The number of ether oxygens (including phenoxy) is 1. The van der Waals surface area contributed by atoms with Gasteiger partial charge in [-0.15, -0.1) is 0 Å². The Morgan fingerprint density at radius 3 is 2.80 bits per heavy atom. The second kappa shape index (κ2) is 7.17. The molecule has 0 N–H and O–H groups in total. The fourth-order valence-electron chi connectivity index (χ4n) is 2.62. The molecule has 0 bridgehead atoms. The molecule has 0 radical (unpaired) electrons. The van der Waals surface area contributed by atoms with Gasteiger partial charge >= 0.3 is 0 Å². The topological polar surface area (TPSA) is 64.4 Å². The molecule has 0 aliphatic heterocycles. The van der Waals surface area contributed by atoms with Crippen molar-refractivity contribution in [2.24, 2.45) is 0 Å². The third-order valence-electron chi connectivity index (χ3n) is 4.02. The molecule has 1 aromatic heterocycles. The van der Waals surface area contributed by atoms with Crippen LogP contribution in [0.15, 0.2) is 59.7 Å². The third-order valence-corrected chi connectivity index (χ3v) is 4.02. The van der Waals surface area contributed by atoms with Crippen molar-refractivity contribution in [1.82, 2.24) is 14.5 Å². The average Bonchev–Trinajstić information content (AvgIpc) is 2.64. The Morgan fingerprint density at radius 2 is 2.00 bits per heavy atom. The van der Waals surface area contributed by atoms with Crippen molar-refractivity contribution < 1.29 is 9.53 Å². The minimum atomic E-state index is -0.214. The molecule has 3 aromatic rings. The zero-order valence-electron chi connectivity index (χ0n) is 14.2. The SMILES string of the molecule is COc1cccc(CN(C)C(=O)Cn2cnc3ccccc3c2=O)c1. The van der Waals surface area contributed by atoms with E-state index in [2.05, 4.69) is 4.98 Å². The molecule has 2 aromatic carbocycles. The number of para-hydroxylation sites is 1. The number of fused-ring (bicyclic) bond motifs is 1. The highest BCUT2D eigenvalue weighted by atomic mass is 16.5. The lowest BCUT2D eigenvalue weighted by Gasteiger charge is -2.18. The average molecular weight is 337 g/mol. The Morgan fingerprint density at radius 1 is 1.20 bits per heavy atom. The molecule has 1 heterocycles. The Bertz CT molecular complexity index is 965. The van der Waals surface area contributed by atoms with Gasteiger partial charge in [0.25, 0.3) is 5.56 Å². The summed E-state index contributed by atoms with van der Waals surface area (Å²) in [7, 11) is 3.31. The number of amides is 1. The minimum absolute atomic E-state index is 0.0445. The molecule has 0 unspecified atom stereocenters. The standard InChI is InChI=1S/C19H19N3O3/c1-21(11-14-6-5-7-15(10-14)25-2)18(23)12-22-13-20-17-9-4-3-8-16(17)19(22)24/h3-10,13H,11-12H2,1-2H3. The van der Waals surface area contributed by atoms with Crippen molar-refractivity contribution >= 4 is 16.8 Å². The molecule has 25 heavy (non-hydrogen) atoms. The predicted octanol–water partition coefficient (Wildman–Crippen LogP) is 2.06. The van der Waals surface area contributed by atoms with Crippen molar-refractivity contribution in [1.29, 1.82) is 0 Å². The highest BCUT2D eigenvalue weighted by Crippen LogP contribution is 2.14. The predicted molar refractivity (Wildman–Crippen MR) is 95.5 cm³/mol. The largest absolute Gasteiger partial charge is 0.497 e. The van der Waals surface area contributed by atoms with Gasteiger partial charge in [0.05, 0.1) is 24.3 Å². The maximum absolute atomic E-state index is 12.5. The van der Waals surface area contributed by atoms with Crippen molar-refractivity contribution in [2.75, 3.05) is 14.2 Å². The summed E-state index contributed by atoms with van der Waals surface area (Å²) < 4.78 is 6.53. The summed E-state index contributed by atoms with van der Waals surface area (Å²) in [4.78, 5) is 30.7. The number of benzene rings is 2. The summed E-state index contributed by atoms with van der Waals surface area (Å²) >= 11 is 0. The highest BCUT2D eigenvalue weighted by molar-refractivity contribution is 5.78. The summed E-state index contributed by atoms with van der Waals surface area (Å²) in [6, 6.07) is 14.6. The van der Waals surface area contributed by atoms with Gasteiger partial charge < -0.3 is 9.64 Å². The first-order valence-electron chi connectivity index (χ1n) is 7.89. The molecule has 0 aliphatic carbocycles. The smallest absolute Gasteiger partial charge is 0.261 e. The molecule has 0 saturated heterocycles. The van der Waals surface area contributed by atoms with Gasteiger partial charge in [0.2, 0.25) is 5.91 Å². The summed E-state index contributed by atoms with van der Waals surface area (Å²) in [5.74, 6) is 0.579. The first-order chi connectivity index (χ1) is 12.1. The van der Waals surface area contributed by atoms with Crippen molar-refractivity contribution in [3.63, 3.8) is 0 Å². The quantitative estimate of drug-likeness (QED) is 0.715. The Balaban J connectivity index is 1.75. The minimum Gasteiger partial charge on any atom is -0.497 e. The van der Waals surface area contributed by atoms with Gasteiger partial charge in [-0.3, -0.25) is 14.2 Å². The first kappa shape index (κ1) is 16.7. The second-order valence-corrected chi connectivity index (χ2v) is 5.80. The summed E-state index contributed by atoms with van der Waals surface area (Å²) in [6.45, 7) is 0.392. The lowest BCUT2D eigenvalue weighted by molar-refractivity contribution is -0.131. The lowest BCUT2D eigenvalue weighted by atomic mass is 10.2. The van der Waals surface area contributed by atoms with Gasteiger partial charge in [-0.25, -0.2) is 4.98 Å². The van der Waals surface area contributed by atoms with Crippen LogP contribution < -0.4 is 10.3 Å². The van der Waals surface area contributed by atoms with Crippen LogP contribution in [0.2, 0.25) is 0 Å². The highest BCUT2D eigenvalue weighted by Gasteiger charge is 2.12. The molecule has 128 valence electrons. The van der Waals surface area contributed by atoms with Gasteiger partial charge in [-0.05, 0) is 29.8 Å². The van der Waals surface area contributed by atoms with Crippen LogP contribution in [0.3, 0.4) is 0 Å². The molecule has 0 fully saturated rings. The van der Waals surface area contributed by atoms with Crippen LogP contribution in [0, 0.1) is 0 Å². The number of methoxy groups -OCH3 is 1. The van der Waals surface area contributed by atoms with Gasteiger partial charge in [0.15, 0.2) is 0 Å². The number of hydrogen-bond donors (Lipinski definition) is 0. The van der Waals surface area contributed by atoms with E-state index in [1.165, 1.54) is 10.9 Å². The number of aromatic nitrogens is 2. The van der Waals surface area contributed by atoms with E-state index in [1.54, 1.807) is 37.3 Å². The molecule has 6 nitrogen and oxygen atoms in total. The Kier molecular flexibility index (Phi) is 4.79. The van der Waals surface area contributed by atoms with E-state index >= 15 is 0 Å². The van der Waals surface area contributed by atoms with Gasteiger partial charge in [0.1, 0.15) is 12.3 Å². The summed E-state index contributed by atoms with van der Waals surface area (Å²) in [5.41, 5.74) is 1.37. The Labute approximate surface area is 145 Å². The molecule has 3 rings (SSSR count). The van der Waals surface area contributed by atoms with E-state index in [-0.39, 0.29) is 18.0 Å². The number of carbonyl (C=O) groups excluding carboxylic acids is 1. The van der Waals surface area contributed by atoms with Crippen molar-refractivity contribution in [3.8, 4) is 5.75 Å². The van der Waals surface area contributed by atoms with Crippen LogP contribution in [0.5, 0.6) is 5.75 Å². The zero-order chi connectivity index (χ0) is 17.8. The van der Waals surface area contributed by atoms with E-state index < -0.39 is 0 Å². The number of nitrogens with zero attached hydrogens (tertiary/aromatic N) is 3.